The predicted octanol–water partition coefficient (Wildman–Crippen LogP) is 2.09. The third kappa shape index (κ3) is 2.15. The maximum absolute atomic E-state index is 11.8. The van der Waals surface area contributed by atoms with Crippen LogP contribution in [0, 0.1) is 0 Å². The van der Waals surface area contributed by atoms with Crippen LogP contribution < -0.4 is 0 Å². The molecule has 0 aromatic heterocycles. The van der Waals surface area contributed by atoms with E-state index in [2.05, 4.69) is 0 Å². The molecule has 0 N–H and O–H groups in total. The van der Waals surface area contributed by atoms with Gasteiger partial charge in [0.1, 0.15) is 7.28 Å². The van der Waals surface area contributed by atoms with Crippen LogP contribution in [0.25, 0.3) is 0 Å². The number of alkyl halides is 5. The van der Waals surface area contributed by atoms with Gasteiger partial charge < -0.3 is 0 Å². The molecule has 0 aliphatic rings. The van der Waals surface area contributed by atoms with Crippen molar-refractivity contribution < 1.29 is 22.0 Å². The molecule has 0 nitrogen and oxygen atoms in total. The monoisotopic (exact) mass is 160 g/mol. The van der Waals surface area contributed by atoms with Crippen LogP contribution in [0.3, 0.4) is 0 Å². The highest BCUT2D eigenvalue weighted by molar-refractivity contribution is 6.33. The zero-order valence-electron chi connectivity index (χ0n) is 5.30. The summed E-state index contributed by atoms with van der Waals surface area (Å²) in [5, 5.41) is 0. The molecule has 0 aromatic rings. The van der Waals surface area contributed by atoms with E-state index in [0.717, 1.165) is 0 Å². The molecule has 0 aliphatic carbocycles. The van der Waals surface area contributed by atoms with Gasteiger partial charge in [-0.05, 0) is 6.32 Å². The van der Waals surface area contributed by atoms with Crippen molar-refractivity contribution in [2.45, 2.75) is 25.2 Å². The Bertz CT molecular complexity index is 107. The largest absolute Gasteiger partial charge is 0.452 e. The first-order valence-corrected chi connectivity index (χ1v) is 2.76. The van der Waals surface area contributed by atoms with Crippen molar-refractivity contribution in [1.82, 2.24) is 0 Å². The Kier molecular flexibility index (Phi) is 2.68. The highest BCUT2D eigenvalue weighted by Gasteiger charge is 2.56. The van der Waals surface area contributed by atoms with E-state index in [0.29, 0.717) is 0 Å². The quantitative estimate of drug-likeness (QED) is 0.428. The highest BCUT2D eigenvalue weighted by Crippen LogP contribution is 2.37. The van der Waals surface area contributed by atoms with Gasteiger partial charge in [0, 0.05) is 0 Å². The molecule has 0 aromatic carbocycles. The molecule has 0 saturated carbocycles. The van der Waals surface area contributed by atoms with Crippen LogP contribution >= 0.6 is 0 Å². The second-order valence-corrected chi connectivity index (χ2v) is 1.95. The first kappa shape index (κ1) is 9.71. The zero-order valence-corrected chi connectivity index (χ0v) is 5.30. The van der Waals surface area contributed by atoms with Crippen LogP contribution in [0.5, 0.6) is 0 Å². The Labute approximate surface area is 55.6 Å². The lowest BCUT2D eigenvalue weighted by Gasteiger charge is -2.17. The minimum Gasteiger partial charge on any atom is -0.197 e. The van der Waals surface area contributed by atoms with Crippen molar-refractivity contribution in [2.75, 3.05) is 0 Å². The van der Waals surface area contributed by atoms with E-state index in [1.807, 2.05) is 0 Å². The molecule has 0 spiro atoms. The number of hydrogen-bond donors (Lipinski definition) is 0. The zero-order chi connectivity index (χ0) is 8.41. The first-order chi connectivity index (χ1) is 4.31. The van der Waals surface area contributed by atoms with E-state index in [-0.39, 0.29) is 7.28 Å². The topological polar surface area (TPSA) is 0 Å². The van der Waals surface area contributed by atoms with E-state index in [1.54, 1.807) is 0 Å². The Morgan fingerprint density at radius 1 is 1.10 bits per heavy atom. The van der Waals surface area contributed by atoms with Gasteiger partial charge in [0.2, 0.25) is 0 Å². The molecule has 6 heteroatoms. The molecule has 0 saturated heterocycles. The summed E-state index contributed by atoms with van der Waals surface area (Å²) in [4.78, 5) is 0. The van der Waals surface area contributed by atoms with Gasteiger partial charge in [0.05, 0.1) is 0 Å². The Morgan fingerprint density at radius 3 is 1.60 bits per heavy atom. The minimum atomic E-state index is -5.39. The summed E-state index contributed by atoms with van der Waals surface area (Å²) in [5.41, 5.74) is 0. The third-order valence-corrected chi connectivity index (χ3v) is 0.979. The van der Waals surface area contributed by atoms with Crippen LogP contribution in [0.15, 0.2) is 0 Å². The second kappa shape index (κ2) is 2.76. The van der Waals surface area contributed by atoms with E-state index >= 15 is 0 Å². The molecule has 0 amide bonds. The minimum absolute atomic E-state index is 0.174. The van der Waals surface area contributed by atoms with Crippen LogP contribution in [0.2, 0.25) is 13.1 Å². The van der Waals surface area contributed by atoms with Gasteiger partial charge in [-0.1, -0.05) is 6.82 Å². The van der Waals surface area contributed by atoms with Crippen LogP contribution in [-0.2, 0) is 0 Å². The summed E-state index contributed by atoms with van der Waals surface area (Å²) in [7, 11) is -0.174. The van der Waals surface area contributed by atoms with Crippen molar-refractivity contribution in [1.29, 1.82) is 0 Å². The van der Waals surface area contributed by atoms with E-state index < -0.39 is 18.4 Å². The second-order valence-electron chi connectivity index (χ2n) is 1.95. The summed E-state index contributed by atoms with van der Waals surface area (Å²) in [6, 6.07) is 0. The fraction of sp³-hybridized carbons (Fsp3) is 1.00. The fourth-order valence-electron chi connectivity index (χ4n) is 0.456. The van der Waals surface area contributed by atoms with Crippen molar-refractivity contribution in [2.24, 2.45) is 0 Å². The normalized spacial score (nSPS) is 13.4. The maximum Gasteiger partial charge on any atom is 0.452 e. The Balaban J connectivity index is 4.10. The smallest absolute Gasteiger partial charge is 0.197 e. The number of hydrogen-bond acceptors (Lipinski definition) is 0. The molecule has 60 valence electrons. The summed E-state index contributed by atoms with van der Waals surface area (Å²) >= 11 is 0. The highest BCUT2D eigenvalue weighted by atomic mass is 19.4. The third-order valence-electron chi connectivity index (χ3n) is 0.979. The van der Waals surface area contributed by atoms with Gasteiger partial charge in [0.15, 0.2) is 0 Å². The van der Waals surface area contributed by atoms with Crippen molar-refractivity contribution in [3.8, 4) is 0 Å². The lowest BCUT2D eigenvalue weighted by Crippen LogP contribution is -2.36. The SMILES string of the molecule is CBCC(F)(F)C(F)(F)F. The van der Waals surface area contributed by atoms with E-state index in [4.69, 9.17) is 0 Å². The predicted molar refractivity (Wildman–Crippen MR) is 28.8 cm³/mol. The molecule has 0 radical (unpaired) electrons. The Morgan fingerprint density at radius 2 is 1.50 bits per heavy atom. The molecule has 10 heavy (non-hydrogen) atoms. The summed E-state index contributed by atoms with van der Waals surface area (Å²) < 4.78 is 57.4. The number of halogens is 5. The van der Waals surface area contributed by atoms with Crippen molar-refractivity contribution >= 4 is 7.28 Å². The molecule has 0 rings (SSSR count). The lowest BCUT2D eigenvalue weighted by atomic mass is 9.75. The van der Waals surface area contributed by atoms with Crippen LogP contribution in [-0.4, -0.2) is 19.4 Å². The average Bonchev–Trinajstić information content (AvgIpc) is 1.61. The number of rotatable bonds is 2. The molecule has 0 unspecified atom stereocenters. The summed E-state index contributed by atoms with van der Waals surface area (Å²) in [6.45, 7) is 1.28. The van der Waals surface area contributed by atoms with Crippen LogP contribution in [0.4, 0.5) is 22.0 Å². The van der Waals surface area contributed by atoms with Crippen molar-refractivity contribution in [3.63, 3.8) is 0 Å². The lowest BCUT2D eigenvalue weighted by molar-refractivity contribution is -0.273. The van der Waals surface area contributed by atoms with Gasteiger partial charge in [-0.2, -0.15) is 22.0 Å². The molecule has 0 atom stereocenters. The summed E-state index contributed by atoms with van der Waals surface area (Å²) in [5.74, 6) is -4.51. The first-order valence-electron chi connectivity index (χ1n) is 2.76. The van der Waals surface area contributed by atoms with E-state index in [9.17, 15) is 22.0 Å². The Hall–Kier alpha value is -0.285. The van der Waals surface area contributed by atoms with Gasteiger partial charge in [-0.25, -0.2) is 0 Å². The van der Waals surface area contributed by atoms with E-state index in [1.165, 1.54) is 6.82 Å². The maximum atomic E-state index is 11.8. The van der Waals surface area contributed by atoms with Gasteiger partial charge in [0.25, 0.3) is 0 Å². The van der Waals surface area contributed by atoms with Crippen molar-refractivity contribution in [3.05, 3.63) is 0 Å². The average molecular weight is 160 g/mol. The van der Waals surface area contributed by atoms with Gasteiger partial charge in [-0.15, -0.1) is 0 Å². The molecule has 0 bridgehead atoms. The molecular formula is C4H6BF5. The van der Waals surface area contributed by atoms with Gasteiger partial charge >= 0.3 is 12.1 Å². The molecule has 0 fully saturated rings. The molecule has 0 heterocycles. The molecular weight excluding hydrogens is 154 g/mol. The molecule has 0 aliphatic heterocycles. The summed E-state index contributed by atoms with van der Waals surface area (Å²) in [6.07, 6.45) is -6.51. The van der Waals surface area contributed by atoms with Gasteiger partial charge in [-0.3, -0.25) is 0 Å². The van der Waals surface area contributed by atoms with Crippen LogP contribution in [0.1, 0.15) is 0 Å². The fourth-order valence-corrected chi connectivity index (χ4v) is 0.456. The standard InChI is InChI=1S/C4H6BF5/c1-5-2-3(6,7)4(8,9)10/h5H,2H2,1H3.